The zero-order chi connectivity index (χ0) is 13.0. The molecular weight excluding hydrogens is 222 g/mol. The smallest absolute Gasteiger partial charge is 0.371 e. The molecule has 1 amide bonds. The fourth-order valence-electron chi connectivity index (χ4n) is 1.74. The molecular formula is C12H17NO4. The van der Waals surface area contributed by atoms with Crippen LogP contribution in [-0.4, -0.2) is 35.0 Å². The number of aromatic carboxylic acids is 1. The summed E-state index contributed by atoms with van der Waals surface area (Å²) >= 11 is 0. The number of nitrogens with zero attached hydrogens (tertiary/aromatic N) is 1. The number of amides is 1. The fraction of sp³-hybridized carbons (Fsp3) is 0.500. The molecule has 17 heavy (non-hydrogen) atoms. The lowest BCUT2D eigenvalue weighted by Gasteiger charge is -2.25. The molecule has 1 rings (SSSR count). The highest BCUT2D eigenvalue weighted by Crippen LogP contribution is 2.14. The molecule has 0 bridgehead atoms. The van der Waals surface area contributed by atoms with Crippen molar-refractivity contribution in [3.8, 4) is 0 Å². The Morgan fingerprint density at radius 3 is 2.24 bits per heavy atom. The lowest BCUT2D eigenvalue weighted by atomic mass is 10.1. The minimum absolute atomic E-state index is 0.0665. The maximum absolute atomic E-state index is 12.0. The molecule has 0 fully saturated rings. The van der Waals surface area contributed by atoms with Gasteiger partial charge in [-0.2, -0.15) is 0 Å². The monoisotopic (exact) mass is 239 g/mol. The number of rotatable bonds is 5. The summed E-state index contributed by atoms with van der Waals surface area (Å²) < 4.78 is 4.98. The molecule has 0 unspecified atom stereocenters. The predicted octanol–water partition coefficient (Wildman–Crippen LogP) is 2.24. The number of hydrogen-bond acceptors (Lipinski definition) is 3. The topological polar surface area (TPSA) is 70.8 Å². The summed E-state index contributed by atoms with van der Waals surface area (Å²) in [5, 5.41) is 8.70. The molecule has 0 atom stereocenters. The van der Waals surface area contributed by atoms with Gasteiger partial charge in [0.25, 0.3) is 5.91 Å². The normalized spacial score (nSPS) is 10.6. The Bertz CT molecular complexity index is 406. The first kappa shape index (κ1) is 13.3. The van der Waals surface area contributed by atoms with Crippen LogP contribution in [0.4, 0.5) is 0 Å². The molecule has 94 valence electrons. The van der Waals surface area contributed by atoms with E-state index in [9.17, 15) is 9.59 Å². The molecule has 5 heteroatoms. The van der Waals surface area contributed by atoms with Gasteiger partial charge in [-0.25, -0.2) is 4.79 Å². The lowest BCUT2D eigenvalue weighted by molar-refractivity contribution is 0.0642. The van der Waals surface area contributed by atoms with E-state index in [2.05, 4.69) is 0 Å². The van der Waals surface area contributed by atoms with Gasteiger partial charge in [0.1, 0.15) is 0 Å². The van der Waals surface area contributed by atoms with Crippen LogP contribution in [0.15, 0.2) is 16.5 Å². The van der Waals surface area contributed by atoms with Crippen LogP contribution < -0.4 is 0 Å². The van der Waals surface area contributed by atoms with Crippen molar-refractivity contribution < 1.29 is 19.1 Å². The molecule has 0 saturated heterocycles. The lowest BCUT2D eigenvalue weighted by Crippen LogP contribution is -2.36. The maximum atomic E-state index is 12.0. The van der Waals surface area contributed by atoms with E-state index < -0.39 is 5.97 Å². The Kier molecular flexibility index (Phi) is 4.31. The maximum Gasteiger partial charge on any atom is 0.371 e. The first-order chi connectivity index (χ1) is 8.01. The van der Waals surface area contributed by atoms with E-state index in [4.69, 9.17) is 9.52 Å². The van der Waals surface area contributed by atoms with E-state index in [0.717, 1.165) is 12.8 Å². The molecule has 0 radical (unpaired) electrons. The van der Waals surface area contributed by atoms with Gasteiger partial charge < -0.3 is 14.4 Å². The second-order valence-electron chi connectivity index (χ2n) is 3.86. The number of carbonyl (C=O) groups is 2. The van der Waals surface area contributed by atoms with Crippen LogP contribution in [0.5, 0.6) is 0 Å². The second-order valence-corrected chi connectivity index (χ2v) is 3.86. The zero-order valence-electron chi connectivity index (χ0n) is 10.3. The van der Waals surface area contributed by atoms with E-state index in [0.29, 0.717) is 0 Å². The molecule has 1 N–H and O–H groups in total. The standard InChI is InChI=1S/C12H17NO4/c1-4-8(5-2)13(3)11(14)9-6-7-10(17-9)12(15)16/h6-8H,4-5H2,1-3H3,(H,15,16). The highest BCUT2D eigenvalue weighted by molar-refractivity contribution is 5.93. The average molecular weight is 239 g/mol. The first-order valence-electron chi connectivity index (χ1n) is 5.61. The molecule has 0 spiro atoms. The SMILES string of the molecule is CCC(CC)N(C)C(=O)c1ccc(C(=O)O)o1. The first-order valence-corrected chi connectivity index (χ1v) is 5.61. The summed E-state index contributed by atoms with van der Waals surface area (Å²) in [6.45, 7) is 4.01. The molecule has 1 aromatic heterocycles. The number of furan rings is 1. The Labute approximate surface area is 100 Å². The summed E-state index contributed by atoms with van der Waals surface area (Å²) in [5.41, 5.74) is 0. The van der Waals surface area contributed by atoms with E-state index in [-0.39, 0.29) is 23.5 Å². The summed E-state index contributed by atoms with van der Waals surface area (Å²) in [6.07, 6.45) is 1.70. The van der Waals surface area contributed by atoms with Crippen LogP contribution in [0.2, 0.25) is 0 Å². The van der Waals surface area contributed by atoms with Gasteiger partial charge in [-0.15, -0.1) is 0 Å². The van der Waals surface area contributed by atoms with Gasteiger partial charge in [-0.3, -0.25) is 4.79 Å². The van der Waals surface area contributed by atoms with Crippen LogP contribution in [0.3, 0.4) is 0 Å². The largest absolute Gasteiger partial charge is 0.475 e. The van der Waals surface area contributed by atoms with Crippen molar-refractivity contribution >= 4 is 11.9 Å². The molecule has 5 nitrogen and oxygen atoms in total. The highest BCUT2D eigenvalue weighted by atomic mass is 16.4. The van der Waals surface area contributed by atoms with Gasteiger partial charge in [0, 0.05) is 13.1 Å². The Morgan fingerprint density at radius 2 is 1.82 bits per heavy atom. The fourth-order valence-corrected chi connectivity index (χ4v) is 1.74. The van der Waals surface area contributed by atoms with Gasteiger partial charge in [-0.05, 0) is 25.0 Å². The van der Waals surface area contributed by atoms with Gasteiger partial charge >= 0.3 is 5.97 Å². The molecule has 1 aromatic rings. The van der Waals surface area contributed by atoms with Crippen molar-refractivity contribution in [1.82, 2.24) is 4.90 Å². The van der Waals surface area contributed by atoms with Crippen LogP contribution in [-0.2, 0) is 0 Å². The van der Waals surface area contributed by atoms with Gasteiger partial charge in [0.15, 0.2) is 5.76 Å². The summed E-state index contributed by atoms with van der Waals surface area (Å²) in [4.78, 5) is 24.2. The van der Waals surface area contributed by atoms with Crippen LogP contribution >= 0.6 is 0 Å². The molecule has 1 heterocycles. The second kappa shape index (κ2) is 5.52. The van der Waals surface area contributed by atoms with Gasteiger partial charge in [0.2, 0.25) is 5.76 Å². The van der Waals surface area contributed by atoms with E-state index >= 15 is 0 Å². The molecule has 0 aromatic carbocycles. The minimum Gasteiger partial charge on any atom is -0.475 e. The van der Waals surface area contributed by atoms with Crippen molar-refractivity contribution in [1.29, 1.82) is 0 Å². The molecule has 0 aliphatic rings. The molecule has 0 aliphatic carbocycles. The van der Waals surface area contributed by atoms with Gasteiger partial charge in [-0.1, -0.05) is 13.8 Å². The zero-order valence-corrected chi connectivity index (χ0v) is 10.3. The number of carboxylic acid groups (broad SMARTS) is 1. The number of hydrogen-bond donors (Lipinski definition) is 1. The molecule has 0 saturated carbocycles. The van der Waals surface area contributed by atoms with Crippen molar-refractivity contribution in [2.75, 3.05) is 7.05 Å². The highest BCUT2D eigenvalue weighted by Gasteiger charge is 2.22. The summed E-state index contributed by atoms with van der Waals surface area (Å²) in [6, 6.07) is 2.82. The van der Waals surface area contributed by atoms with Crippen molar-refractivity contribution in [2.45, 2.75) is 32.7 Å². The van der Waals surface area contributed by atoms with Crippen molar-refractivity contribution in [2.24, 2.45) is 0 Å². The number of carbonyl (C=O) groups excluding carboxylic acids is 1. The van der Waals surface area contributed by atoms with E-state index in [1.165, 1.54) is 12.1 Å². The number of carboxylic acids is 1. The van der Waals surface area contributed by atoms with Crippen LogP contribution in [0.25, 0.3) is 0 Å². The average Bonchev–Trinajstić information content (AvgIpc) is 2.78. The van der Waals surface area contributed by atoms with Crippen molar-refractivity contribution in [3.63, 3.8) is 0 Å². The quantitative estimate of drug-likeness (QED) is 0.855. The summed E-state index contributed by atoms with van der Waals surface area (Å²) in [5.74, 6) is -1.61. The molecule has 0 aliphatic heterocycles. The Morgan fingerprint density at radius 1 is 1.29 bits per heavy atom. The van der Waals surface area contributed by atoms with Crippen LogP contribution in [0.1, 0.15) is 47.8 Å². The van der Waals surface area contributed by atoms with Gasteiger partial charge in [0.05, 0.1) is 0 Å². The Hall–Kier alpha value is -1.78. The van der Waals surface area contributed by atoms with Crippen LogP contribution in [0, 0.1) is 0 Å². The summed E-state index contributed by atoms with van der Waals surface area (Å²) in [7, 11) is 1.70. The van der Waals surface area contributed by atoms with E-state index in [1.54, 1.807) is 11.9 Å². The Balaban J connectivity index is 2.84. The van der Waals surface area contributed by atoms with E-state index in [1.807, 2.05) is 13.8 Å². The third-order valence-electron chi connectivity index (χ3n) is 2.84. The van der Waals surface area contributed by atoms with Crippen molar-refractivity contribution in [3.05, 3.63) is 23.7 Å². The predicted molar refractivity (Wildman–Crippen MR) is 62.1 cm³/mol. The third-order valence-corrected chi connectivity index (χ3v) is 2.84. The minimum atomic E-state index is -1.17. The third kappa shape index (κ3) is 2.87.